The van der Waals surface area contributed by atoms with Gasteiger partial charge in [0, 0.05) is 23.4 Å². The van der Waals surface area contributed by atoms with Gasteiger partial charge in [0.15, 0.2) is 5.69 Å². The van der Waals surface area contributed by atoms with Crippen LogP contribution in [-0.2, 0) is 19.4 Å². The Labute approximate surface area is 155 Å². The van der Waals surface area contributed by atoms with Crippen LogP contribution in [0, 0.1) is 12.3 Å². The summed E-state index contributed by atoms with van der Waals surface area (Å²) in [5.74, 6) is 1.08. The second-order valence-electron chi connectivity index (χ2n) is 7.93. The maximum Gasteiger partial charge on any atom is 0.279 e. The molecule has 1 aliphatic carbocycles. The summed E-state index contributed by atoms with van der Waals surface area (Å²) in [6, 6.07) is 5.71. The Morgan fingerprint density at radius 1 is 1.31 bits per heavy atom. The van der Waals surface area contributed by atoms with Crippen molar-refractivity contribution in [1.29, 1.82) is 0 Å². The highest BCUT2D eigenvalue weighted by molar-refractivity contribution is 6.32. The summed E-state index contributed by atoms with van der Waals surface area (Å²) < 4.78 is 7.69. The zero-order valence-corrected chi connectivity index (χ0v) is 15.8. The van der Waals surface area contributed by atoms with E-state index in [0.717, 1.165) is 48.1 Å². The first kappa shape index (κ1) is 17.1. The predicted molar refractivity (Wildman–Crippen MR) is 103 cm³/mol. The fourth-order valence-corrected chi connectivity index (χ4v) is 3.80. The van der Waals surface area contributed by atoms with Crippen molar-refractivity contribution in [3.8, 4) is 23.0 Å². The molecule has 0 amide bonds. The van der Waals surface area contributed by atoms with Crippen LogP contribution in [0.3, 0.4) is 0 Å². The molecular formula is C20H23BN4O. The normalized spacial score (nSPS) is 15.8. The van der Waals surface area contributed by atoms with E-state index >= 15 is 0 Å². The monoisotopic (exact) mass is 346 g/mol. The topological polar surface area (TPSA) is 56.7 Å². The Hall–Kier alpha value is -2.37. The number of rotatable bonds is 3. The smallest absolute Gasteiger partial charge is 0.279 e. The van der Waals surface area contributed by atoms with E-state index in [1.54, 1.807) is 0 Å². The highest BCUT2D eigenvalue weighted by Gasteiger charge is 2.32. The molecule has 3 aromatic rings. The van der Waals surface area contributed by atoms with E-state index in [-0.39, 0.29) is 0 Å². The van der Waals surface area contributed by atoms with Gasteiger partial charge in [-0.2, -0.15) is 10.1 Å². The van der Waals surface area contributed by atoms with E-state index in [9.17, 15) is 0 Å². The summed E-state index contributed by atoms with van der Waals surface area (Å²) in [5.41, 5.74) is 6.40. The molecule has 132 valence electrons. The highest BCUT2D eigenvalue weighted by atomic mass is 16.5. The van der Waals surface area contributed by atoms with E-state index in [0.29, 0.717) is 17.1 Å². The molecule has 5 nitrogen and oxygen atoms in total. The Bertz CT molecular complexity index is 970. The molecule has 6 heteroatoms. The van der Waals surface area contributed by atoms with Crippen molar-refractivity contribution in [2.45, 2.75) is 53.5 Å². The molecule has 2 aromatic heterocycles. The minimum absolute atomic E-state index is 0.304. The molecule has 0 bridgehead atoms. The van der Waals surface area contributed by atoms with Crippen LogP contribution in [0.4, 0.5) is 0 Å². The summed E-state index contributed by atoms with van der Waals surface area (Å²) in [5, 5.41) is 8.98. The second kappa shape index (κ2) is 6.11. The second-order valence-corrected chi connectivity index (χ2v) is 7.93. The lowest BCUT2D eigenvalue weighted by molar-refractivity contribution is 0.304. The van der Waals surface area contributed by atoms with Crippen molar-refractivity contribution < 1.29 is 4.52 Å². The van der Waals surface area contributed by atoms with Gasteiger partial charge in [0.25, 0.3) is 5.89 Å². The van der Waals surface area contributed by atoms with Crippen LogP contribution in [0.5, 0.6) is 0 Å². The summed E-state index contributed by atoms with van der Waals surface area (Å²) >= 11 is 0. The standard InChI is InChI=1S/C20H23BN4O/c1-5-25-16-11-20(3,4)9-8-15(16)17(23-25)19-22-18(24-26-19)14-7-6-13(21)10-12(14)2/h6-7,10H,5,8-9,11H2,1-4H3. The number of hydrogen-bond donors (Lipinski definition) is 0. The SMILES string of the molecule is [B]c1ccc(-c2noc(-c3nn(CC)c4c3CCC(C)(C)C4)n2)c(C)c1. The number of aryl methyl sites for hydroxylation is 2. The van der Waals surface area contributed by atoms with Crippen molar-refractivity contribution in [2.75, 3.05) is 0 Å². The molecule has 0 unspecified atom stereocenters. The van der Waals surface area contributed by atoms with E-state index in [1.165, 1.54) is 11.3 Å². The Balaban J connectivity index is 1.76. The van der Waals surface area contributed by atoms with Crippen molar-refractivity contribution in [1.82, 2.24) is 19.9 Å². The molecular weight excluding hydrogens is 323 g/mol. The van der Waals surface area contributed by atoms with Crippen molar-refractivity contribution in [2.24, 2.45) is 5.41 Å². The third-order valence-electron chi connectivity index (χ3n) is 5.28. The first-order valence-electron chi connectivity index (χ1n) is 9.17. The lowest BCUT2D eigenvalue weighted by atomic mass is 9.76. The van der Waals surface area contributed by atoms with Gasteiger partial charge in [-0.3, -0.25) is 4.68 Å². The molecule has 26 heavy (non-hydrogen) atoms. The van der Waals surface area contributed by atoms with Crippen LogP contribution >= 0.6 is 0 Å². The van der Waals surface area contributed by atoms with Gasteiger partial charge < -0.3 is 4.52 Å². The number of nitrogens with zero attached hydrogens (tertiary/aromatic N) is 4. The van der Waals surface area contributed by atoms with E-state index < -0.39 is 0 Å². The van der Waals surface area contributed by atoms with Crippen molar-refractivity contribution in [3.63, 3.8) is 0 Å². The summed E-state index contributed by atoms with van der Waals surface area (Å²) in [7, 11) is 5.84. The zero-order chi connectivity index (χ0) is 18.5. The van der Waals surface area contributed by atoms with Gasteiger partial charge >= 0.3 is 0 Å². The van der Waals surface area contributed by atoms with Crippen LogP contribution in [0.2, 0.25) is 0 Å². The lowest BCUT2D eigenvalue weighted by Crippen LogP contribution is -2.24. The van der Waals surface area contributed by atoms with E-state index in [2.05, 4.69) is 35.6 Å². The van der Waals surface area contributed by atoms with Gasteiger partial charge in [0.2, 0.25) is 5.82 Å². The van der Waals surface area contributed by atoms with Crippen LogP contribution in [-0.4, -0.2) is 27.8 Å². The molecule has 2 radical (unpaired) electrons. The molecule has 0 N–H and O–H groups in total. The number of benzene rings is 1. The average Bonchev–Trinajstić information content (AvgIpc) is 3.18. The fraction of sp³-hybridized carbons (Fsp3) is 0.450. The van der Waals surface area contributed by atoms with Crippen LogP contribution in [0.25, 0.3) is 23.0 Å². The largest absolute Gasteiger partial charge is 0.332 e. The minimum atomic E-state index is 0.304. The average molecular weight is 346 g/mol. The van der Waals surface area contributed by atoms with Crippen molar-refractivity contribution >= 4 is 13.3 Å². The molecule has 0 atom stereocenters. The minimum Gasteiger partial charge on any atom is -0.332 e. The Kier molecular flexibility index (Phi) is 4.01. The van der Waals surface area contributed by atoms with Gasteiger partial charge in [-0.05, 0) is 44.1 Å². The van der Waals surface area contributed by atoms with E-state index in [1.807, 2.05) is 25.1 Å². The lowest BCUT2D eigenvalue weighted by Gasteiger charge is -2.30. The predicted octanol–water partition coefficient (Wildman–Crippen LogP) is 3.24. The molecule has 2 heterocycles. The first-order chi connectivity index (χ1) is 12.4. The molecule has 0 saturated heterocycles. The van der Waals surface area contributed by atoms with Crippen molar-refractivity contribution in [3.05, 3.63) is 35.0 Å². The summed E-state index contributed by atoms with van der Waals surface area (Å²) in [6.45, 7) is 9.60. The molecule has 0 fully saturated rings. The molecule has 0 spiro atoms. The van der Waals surface area contributed by atoms with E-state index in [4.69, 9.17) is 17.5 Å². The fourth-order valence-electron chi connectivity index (χ4n) is 3.80. The summed E-state index contributed by atoms with van der Waals surface area (Å²) in [4.78, 5) is 4.64. The molecule has 0 aliphatic heterocycles. The third-order valence-corrected chi connectivity index (χ3v) is 5.28. The maximum atomic E-state index is 5.84. The Morgan fingerprint density at radius 2 is 2.12 bits per heavy atom. The highest BCUT2D eigenvalue weighted by Crippen LogP contribution is 2.39. The molecule has 1 aromatic carbocycles. The van der Waals surface area contributed by atoms with Crippen LogP contribution in [0.1, 0.15) is 44.0 Å². The quantitative estimate of drug-likeness (QED) is 0.683. The van der Waals surface area contributed by atoms with Crippen LogP contribution in [0.15, 0.2) is 22.7 Å². The van der Waals surface area contributed by atoms with Gasteiger partial charge in [-0.25, -0.2) is 0 Å². The van der Waals surface area contributed by atoms with Gasteiger partial charge in [0.05, 0.1) is 0 Å². The number of fused-ring (bicyclic) bond motifs is 1. The molecule has 4 rings (SSSR count). The van der Waals surface area contributed by atoms with Gasteiger partial charge in [-0.15, -0.1) is 0 Å². The number of hydrogen-bond acceptors (Lipinski definition) is 4. The summed E-state index contributed by atoms with van der Waals surface area (Å²) in [6.07, 6.45) is 3.16. The zero-order valence-electron chi connectivity index (χ0n) is 15.8. The third kappa shape index (κ3) is 2.87. The molecule has 0 saturated carbocycles. The van der Waals surface area contributed by atoms with Crippen LogP contribution < -0.4 is 5.46 Å². The number of aromatic nitrogens is 4. The first-order valence-corrected chi connectivity index (χ1v) is 9.17. The van der Waals surface area contributed by atoms with Gasteiger partial charge in [-0.1, -0.05) is 42.7 Å². The van der Waals surface area contributed by atoms with Gasteiger partial charge in [0.1, 0.15) is 7.85 Å². The Morgan fingerprint density at radius 3 is 2.85 bits per heavy atom. The molecule has 1 aliphatic rings. The maximum absolute atomic E-state index is 5.84.